The molecular formula is C18H30BrIN4. The topological polar surface area (TPSA) is 39.7 Å². The molecule has 6 heteroatoms. The van der Waals surface area contributed by atoms with Gasteiger partial charge in [0.1, 0.15) is 0 Å². The first kappa shape index (κ1) is 21.5. The molecule has 1 aliphatic heterocycles. The van der Waals surface area contributed by atoms with Gasteiger partial charge in [-0.05, 0) is 64.3 Å². The minimum atomic E-state index is 0. The van der Waals surface area contributed by atoms with E-state index in [9.17, 15) is 0 Å². The van der Waals surface area contributed by atoms with Crippen molar-refractivity contribution in [3.63, 3.8) is 0 Å². The Morgan fingerprint density at radius 1 is 1.29 bits per heavy atom. The number of hydrogen-bond donors (Lipinski definition) is 2. The zero-order valence-corrected chi connectivity index (χ0v) is 19.0. The van der Waals surface area contributed by atoms with Crippen molar-refractivity contribution < 1.29 is 0 Å². The SMILES string of the molecule is CCNC(=NCC1CCN(c2ccc(Br)cc2)C1)NC(C)(C)C.I. The lowest BCUT2D eigenvalue weighted by molar-refractivity contribution is 0.498. The molecule has 0 saturated carbocycles. The first-order chi connectivity index (χ1) is 10.9. The first-order valence-electron chi connectivity index (χ1n) is 8.44. The van der Waals surface area contributed by atoms with Gasteiger partial charge in [-0.2, -0.15) is 0 Å². The highest BCUT2D eigenvalue weighted by Gasteiger charge is 2.22. The van der Waals surface area contributed by atoms with Crippen molar-refractivity contribution in [3.05, 3.63) is 28.7 Å². The van der Waals surface area contributed by atoms with Gasteiger partial charge < -0.3 is 15.5 Å². The van der Waals surface area contributed by atoms with Gasteiger partial charge in [0.15, 0.2) is 5.96 Å². The van der Waals surface area contributed by atoms with Crippen molar-refractivity contribution in [1.29, 1.82) is 0 Å². The third kappa shape index (κ3) is 7.17. The van der Waals surface area contributed by atoms with E-state index in [-0.39, 0.29) is 29.5 Å². The molecule has 1 fully saturated rings. The van der Waals surface area contributed by atoms with Gasteiger partial charge in [-0.1, -0.05) is 15.9 Å². The molecule has 0 spiro atoms. The minimum absolute atomic E-state index is 0. The minimum Gasteiger partial charge on any atom is -0.371 e. The number of anilines is 1. The van der Waals surface area contributed by atoms with Crippen LogP contribution in [0, 0.1) is 5.92 Å². The van der Waals surface area contributed by atoms with Gasteiger partial charge in [0, 0.05) is 41.9 Å². The molecule has 1 aromatic carbocycles. The van der Waals surface area contributed by atoms with E-state index in [2.05, 4.69) is 83.4 Å². The fraction of sp³-hybridized carbons (Fsp3) is 0.611. The summed E-state index contributed by atoms with van der Waals surface area (Å²) in [7, 11) is 0. The Morgan fingerprint density at radius 2 is 1.96 bits per heavy atom. The lowest BCUT2D eigenvalue weighted by Gasteiger charge is -2.24. The Labute approximate surface area is 172 Å². The molecule has 1 unspecified atom stereocenters. The Kier molecular flexibility index (Phi) is 8.84. The molecule has 2 rings (SSSR count). The molecule has 136 valence electrons. The van der Waals surface area contributed by atoms with E-state index in [1.54, 1.807) is 0 Å². The summed E-state index contributed by atoms with van der Waals surface area (Å²) in [5, 5.41) is 6.78. The number of rotatable bonds is 4. The smallest absolute Gasteiger partial charge is 0.191 e. The summed E-state index contributed by atoms with van der Waals surface area (Å²) in [5.41, 5.74) is 1.33. The van der Waals surface area contributed by atoms with E-state index in [0.717, 1.165) is 36.6 Å². The molecule has 0 radical (unpaired) electrons. The number of aliphatic imine (C=N–C) groups is 1. The van der Waals surface area contributed by atoms with Gasteiger partial charge in [0.05, 0.1) is 0 Å². The number of nitrogens with one attached hydrogen (secondary N) is 2. The third-order valence-electron chi connectivity index (χ3n) is 3.82. The molecule has 0 aromatic heterocycles. The predicted molar refractivity (Wildman–Crippen MR) is 119 cm³/mol. The lowest BCUT2D eigenvalue weighted by Crippen LogP contribution is -2.47. The lowest BCUT2D eigenvalue weighted by atomic mass is 10.1. The van der Waals surface area contributed by atoms with Gasteiger partial charge in [0.2, 0.25) is 0 Å². The summed E-state index contributed by atoms with van der Waals surface area (Å²) in [4.78, 5) is 7.24. The van der Waals surface area contributed by atoms with Crippen molar-refractivity contribution in [2.45, 2.75) is 39.7 Å². The number of halogens is 2. The van der Waals surface area contributed by atoms with Crippen LogP contribution in [0.25, 0.3) is 0 Å². The van der Waals surface area contributed by atoms with Crippen LogP contribution in [-0.4, -0.2) is 37.7 Å². The van der Waals surface area contributed by atoms with Crippen molar-refractivity contribution in [2.75, 3.05) is 31.1 Å². The van der Waals surface area contributed by atoms with Crippen LogP contribution in [0.4, 0.5) is 5.69 Å². The quantitative estimate of drug-likeness (QED) is 0.363. The van der Waals surface area contributed by atoms with Gasteiger partial charge in [-0.25, -0.2) is 0 Å². The molecule has 1 heterocycles. The Balaban J connectivity index is 0.00000288. The average molecular weight is 509 g/mol. The number of guanidine groups is 1. The maximum absolute atomic E-state index is 4.78. The van der Waals surface area contributed by atoms with Crippen LogP contribution in [0.3, 0.4) is 0 Å². The zero-order valence-electron chi connectivity index (χ0n) is 15.1. The standard InChI is InChI=1S/C18H29BrN4.HI/c1-5-20-17(22-18(2,3)4)21-12-14-10-11-23(13-14)16-8-6-15(19)7-9-16;/h6-9,14H,5,10-13H2,1-4H3,(H2,20,21,22);1H. The van der Waals surface area contributed by atoms with E-state index in [1.807, 2.05) is 0 Å². The van der Waals surface area contributed by atoms with E-state index in [4.69, 9.17) is 4.99 Å². The Bertz CT molecular complexity index is 525. The van der Waals surface area contributed by atoms with E-state index < -0.39 is 0 Å². The highest BCUT2D eigenvalue weighted by molar-refractivity contribution is 14.0. The van der Waals surface area contributed by atoms with Crippen molar-refractivity contribution in [1.82, 2.24) is 10.6 Å². The monoisotopic (exact) mass is 508 g/mol. The summed E-state index contributed by atoms with van der Waals surface area (Å²) in [6.45, 7) is 12.5. The second-order valence-electron chi connectivity index (χ2n) is 7.17. The van der Waals surface area contributed by atoms with Crippen molar-refractivity contribution >= 4 is 51.6 Å². The Hall–Kier alpha value is -0.500. The van der Waals surface area contributed by atoms with Crippen LogP contribution in [0.5, 0.6) is 0 Å². The zero-order chi connectivity index (χ0) is 16.9. The summed E-state index contributed by atoms with van der Waals surface area (Å²) in [5.74, 6) is 1.54. The van der Waals surface area contributed by atoms with Crippen molar-refractivity contribution in [3.8, 4) is 0 Å². The number of hydrogen-bond acceptors (Lipinski definition) is 2. The average Bonchev–Trinajstić information content (AvgIpc) is 2.93. The maximum Gasteiger partial charge on any atom is 0.191 e. The normalized spacial score (nSPS) is 18.3. The highest BCUT2D eigenvalue weighted by atomic mass is 127. The molecule has 1 aliphatic rings. The molecule has 2 N–H and O–H groups in total. The van der Waals surface area contributed by atoms with E-state index >= 15 is 0 Å². The summed E-state index contributed by atoms with van der Waals surface area (Å²) in [6, 6.07) is 8.58. The second kappa shape index (κ2) is 9.85. The van der Waals surface area contributed by atoms with Crippen LogP contribution in [0.1, 0.15) is 34.1 Å². The third-order valence-corrected chi connectivity index (χ3v) is 4.35. The fourth-order valence-electron chi connectivity index (χ4n) is 2.75. The van der Waals surface area contributed by atoms with Crippen LogP contribution in [0.15, 0.2) is 33.7 Å². The molecule has 0 amide bonds. The highest BCUT2D eigenvalue weighted by Crippen LogP contribution is 2.25. The van der Waals surface area contributed by atoms with Gasteiger partial charge in [-0.3, -0.25) is 4.99 Å². The molecule has 1 saturated heterocycles. The van der Waals surface area contributed by atoms with Gasteiger partial charge >= 0.3 is 0 Å². The largest absolute Gasteiger partial charge is 0.371 e. The van der Waals surface area contributed by atoms with Gasteiger partial charge in [0.25, 0.3) is 0 Å². The first-order valence-corrected chi connectivity index (χ1v) is 9.23. The molecule has 0 aliphatic carbocycles. The molecule has 0 bridgehead atoms. The summed E-state index contributed by atoms with van der Waals surface area (Å²) >= 11 is 3.50. The van der Waals surface area contributed by atoms with Crippen LogP contribution < -0.4 is 15.5 Å². The Morgan fingerprint density at radius 3 is 2.54 bits per heavy atom. The molecular weight excluding hydrogens is 479 g/mol. The molecule has 24 heavy (non-hydrogen) atoms. The second-order valence-corrected chi connectivity index (χ2v) is 8.09. The predicted octanol–water partition coefficient (Wildman–Crippen LogP) is 4.25. The number of benzene rings is 1. The fourth-order valence-corrected chi connectivity index (χ4v) is 3.02. The van der Waals surface area contributed by atoms with Crippen molar-refractivity contribution in [2.24, 2.45) is 10.9 Å². The summed E-state index contributed by atoms with van der Waals surface area (Å²) < 4.78 is 1.13. The van der Waals surface area contributed by atoms with Crippen LogP contribution in [0.2, 0.25) is 0 Å². The molecule has 4 nitrogen and oxygen atoms in total. The van der Waals surface area contributed by atoms with Gasteiger partial charge in [-0.15, -0.1) is 24.0 Å². The van der Waals surface area contributed by atoms with E-state index in [1.165, 1.54) is 12.1 Å². The molecule has 1 aromatic rings. The number of nitrogens with zero attached hydrogens (tertiary/aromatic N) is 2. The van der Waals surface area contributed by atoms with Crippen LogP contribution >= 0.6 is 39.9 Å². The van der Waals surface area contributed by atoms with Crippen LogP contribution in [-0.2, 0) is 0 Å². The molecule has 1 atom stereocenters. The van der Waals surface area contributed by atoms with E-state index in [0.29, 0.717) is 5.92 Å². The summed E-state index contributed by atoms with van der Waals surface area (Å²) in [6.07, 6.45) is 1.20. The maximum atomic E-state index is 4.78.